The van der Waals surface area contributed by atoms with Crippen LogP contribution in [0.3, 0.4) is 0 Å². The highest BCUT2D eigenvalue weighted by Gasteiger charge is 2.33. The molecule has 0 aromatic heterocycles. The van der Waals surface area contributed by atoms with Crippen LogP contribution in [-0.2, 0) is 4.74 Å². The number of aliphatic hydroxyl groups is 2. The van der Waals surface area contributed by atoms with Crippen LogP contribution in [0, 0.1) is 11.8 Å². The lowest BCUT2D eigenvalue weighted by Crippen LogP contribution is -2.24. The Morgan fingerprint density at radius 1 is 0.955 bits per heavy atom. The highest BCUT2D eigenvalue weighted by atomic mass is 16.5. The molecule has 112 valence electrons. The molecule has 2 aromatic rings. The lowest BCUT2D eigenvalue weighted by molar-refractivity contribution is -0.0225. The van der Waals surface area contributed by atoms with E-state index in [2.05, 4.69) is 11.8 Å². The molecule has 0 aliphatic carbocycles. The van der Waals surface area contributed by atoms with Gasteiger partial charge in [-0.1, -0.05) is 42.2 Å². The lowest BCUT2D eigenvalue weighted by Gasteiger charge is -2.12. The zero-order chi connectivity index (χ0) is 15.4. The third-order valence-corrected chi connectivity index (χ3v) is 3.81. The fourth-order valence-corrected chi connectivity index (χ4v) is 2.55. The average Bonchev–Trinajstić information content (AvgIpc) is 2.95. The van der Waals surface area contributed by atoms with E-state index < -0.39 is 12.2 Å². The second-order valence-electron chi connectivity index (χ2n) is 5.39. The van der Waals surface area contributed by atoms with Crippen LogP contribution in [-0.4, -0.2) is 29.0 Å². The van der Waals surface area contributed by atoms with Gasteiger partial charge >= 0.3 is 0 Å². The summed E-state index contributed by atoms with van der Waals surface area (Å²) in [7, 11) is 0. The first kappa shape index (κ1) is 14.8. The van der Waals surface area contributed by atoms with Crippen molar-refractivity contribution < 1.29 is 14.9 Å². The summed E-state index contributed by atoms with van der Waals surface area (Å²) in [6.07, 6.45) is -0.737. The maximum Gasteiger partial charge on any atom is 0.107 e. The van der Waals surface area contributed by atoms with Gasteiger partial charge in [-0.15, -0.1) is 0 Å². The fourth-order valence-electron chi connectivity index (χ4n) is 2.55. The molecule has 0 spiro atoms. The zero-order valence-corrected chi connectivity index (χ0v) is 12.1. The van der Waals surface area contributed by atoms with Crippen LogP contribution < -0.4 is 0 Å². The molecule has 1 heterocycles. The van der Waals surface area contributed by atoms with E-state index in [4.69, 9.17) is 9.84 Å². The third-order valence-electron chi connectivity index (χ3n) is 3.81. The van der Waals surface area contributed by atoms with Crippen LogP contribution in [0.2, 0.25) is 0 Å². The van der Waals surface area contributed by atoms with E-state index in [9.17, 15) is 5.11 Å². The number of hydrogen-bond donors (Lipinski definition) is 2. The van der Waals surface area contributed by atoms with Gasteiger partial charge in [0.15, 0.2) is 0 Å². The van der Waals surface area contributed by atoms with Gasteiger partial charge in [0.1, 0.15) is 6.10 Å². The standard InChI is InChI=1S/C19H18O3/c20-13-19-17(21)12-18(22-19)16-10-8-15(9-11-16)7-6-14-4-2-1-3-5-14/h1-5,8-11,17-21H,12-13H2/t17?,18?,19-/m1/s1. The Bertz CT molecular complexity index is 667. The van der Waals surface area contributed by atoms with Crippen molar-refractivity contribution in [1.82, 2.24) is 0 Å². The first-order valence-corrected chi connectivity index (χ1v) is 7.37. The van der Waals surface area contributed by atoms with E-state index >= 15 is 0 Å². The molecule has 1 aliphatic rings. The summed E-state index contributed by atoms with van der Waals surface area (Å²) in [5.74, 6) is 6.25. The second-order valence-corrected chi connectivity index (χ2v) is 5.39. The zero-order valence-electron chi connectivity index (χ0n) is 12.1. The first-order valence-electron chi connectivity index (χ1n) is 7.37. The van der Waals surface area contributed by atoms with Crippen LogP contribution >= 0.6 is 0 Å². The van der Waals surface area contributed by atoms with Crippen LogP contribution in [0.4, 0.5) is 0 Å². The number of ether oxygens (including phenoxy) is 1. The Kier molecular flexibility index (Phi) is 4.55. The van der Waals surface area contributed by atoms with Crippen LogP contribution in [0.15, 0.2) is 54.6 Å². The average molecular weight is 294 g/mol. The van der Waals surface area contributed by atoms with Crippen molar-refractivity contribution in [2.75, 3.05) is 6.61 Å². The molecule has 1 saturated heterocycles. The van der Waals surface area contributed by atoms with E-state index in [0.29, 0.717) is 6.42 Å². The molecule has 22 heavy (non-hydrogen) atoms. The highest BCUT2D eigenvalue weighted by molar-refractivity contribution is 5.43. The summed E-state index contributed by atoms with van der Waals surface area (Å²) in [4.78, 5) is 0. The summed E-state index contributed by atoms with van der Waals surface area (Å²) >= 11 is 0. The fraction of sp³-hybridized carbons (Fsp3) is 0.263. The molecule has 3 nitrogen and oxygen atoms in total. The number of hydrogen-bond acceptors (Lipinski definition) is 3. The van der Waals surface area contributed by atoms with Crippen LogP contribution in [0.1, 0.15) is 29.2 Å². The van der Waals surface area contributed by atoms with Gasteiger partial charge in [-0.25, -0.2) is 0 Å². The lowest BCUT2D eigenvalue weighted by atomic mass is 10.0. The van der Waals surface area contributed by atoms with E-state index in [1.807, 2.05) is 54.6 Å². The van der Waals surface area contributed by atoms with Gasteiger partial charge in [0.05, 0.1) is 18.8 Å². The van der Waals surface area contributed by atoms with Crippen molar-refractivity contribution in [1.29, 1.82) is 0 Å². The van der Waals surface area contributed by atoms with E-state index in [0.717, 1.165) is 16.7 Å². The van der Waals surface area contributed by atoms with Gasteiger partial charge in [0.25, 0.3) is 0 Å². The molecular weight excluding hydrogens is 276 g/mol. The van der Waals surface area contributed by atoms with Crippen molar-refractivity contribution in [3.63, 3.8) is 0 Å². The Morgan fingerprint density at radius 3 is 2.18 bits per heavy atom. The predicted molar refractivity (Wildman–Crippen MR) is 84.2 cm³/mol. The van der Waals surface area contributed by atoms with Gasteiger partial charge in [-0.2, -0.15) is 0 Å². The Morgan fingerprint density at radius 2 is 1.59 bits per heavy atom. The molecule has 3 heteroatoms. The third kappa shape index (κ3) is 3.37. The molecule has 3 rings (SSSR count). The minimum absolute atomic E-state index is 0.154. The van der Waals surface area contributed by atoms with Gasteiger partial charge in [0, 0.05) is 17.5 Å². The van der Waals surface area contributed by atoms with E-state index in [1.54, 1.807) is 0 Å². The van der Waals surface area contributed by atoms with E-state index in [1.165, 1.54) is 0 Å². The number of aliphatic hydroxyl groups excluding tert-OH is 2. The highest BCUT2D eigenvalue weighted by Crippen LogP contribution is 2.32. The Hall–Kier alpha value is -2.12. The predicted octanol–water partition coefficient (Wildman–Crippen LogP) is 2.27. The molecule has 3 atom stereocenters. The molecule has 0 amide bonds. The van der Waals surface area contributed by atoms with Crippen molar-refractivity contribution >= 4 is 0 Å². The van der Waals surface area contributed by atoms with Gasteiger partial charge in [0.2, 0.25) is 0 Å². The summed E-state index contributed by atoms with van der Waals surface area (Å²) in [6, 6.07) is 17.7. The molecule has 0 radical (unpaired) electrons. The minimum Gasteiger partial charge on any atom is -0.394 e. The van der Waals surface area contributed by atoms with Crippen molar-refractivity contribution in [2.45, 2.75) is 24.7 Å². The largest absolute Gasteiger partial charge is 0.394 e. The minimum atomic E-state index is -0.604. The summed E-state index contributed by atoms with van der Waals surface area (Å²) < 4.78 is 5.64. The maximum absolute atomic E-state index is 9.78. The Balaban J connectivity index is 1.70. The van der Waals surface area contributed by atoms with Gasteiger partial charge in [-0.05, 0) is 29.8 Å². The molecular formula is C19H18O3. The van der Waals surface area contributed by atoms with Gasteiger partial charge < -0.3 is 14.9 Å². The van der Waals surface area contributed by atoms with Crippen LogP contribution in [0.25, 0.3) is 0 Å². The van der Waals surface area contributed by atoms with Gasteiger partial charge in [-0.3, -0.25) is 0 Å². The van der Waals surface area contributed by atoms with Crippen molar-refractivity contribution in [2.24, 2.45) is 0 Å². The molecule has 0 bridgehead atoms. The normalized spacial score (nSPS) is 23.8. The summed E-state index contributed by atoms with van der Waals surface area (Å²) in [5, 5.41) is 18.9. The van der Waals surface area contributed by atoms with E-state index in [-0.39, 0.29) is 12.7 Å². The number of rotatable bonds is 2. The summed E-state index contributed by atoms with van der Waals surface area (Å²) in [6.45, 7) is -0.154. The quantitative estimate of drug-likeness (QED) is 0.835. The van der Waals surface area contributed by atoms with Crippen LogP contribution in [0.5, 0.6) is 0 Å². The summed E-state index contributed by atoms with van der Waals surface area (Å²) in [5.41, 5.74) is 2.92. The Labute approximate surface area is 130 Å². The first-order chi connectivity index (χ1) is 10.8. The SMILES string of the molecule is OC[C@H]1OC(c2ccc(C#Cc3ccccc3)cc2)CC1O. The smallest absolute Gasteiger partial charge is 0.107 e. The maximum atomic E-state index is 9.78. The number of benzene rings is 2. The monoisotopic (exact) mass is 294 g/mol. The molecule has 2 aromatic carbocycles. The van der Waals surface area contributed by atoms with Crippen molar-refractivity contribution in [3.05, 3.63) is 71.3 Å². The molecule has 1 fully saturated rings. The molecule has 2 N–H and O–H groups in total. The van der Waals surface area contributed by atoms with Crippen molar-refractivity contribution in [3.8, 4) is 11.8 Å². The second kappa shape index (κ2) is 6.76. The molecule has 1 aliphatic heterocycles. The topological polar surface area (TPSA) is 49.7 Å². The molecule has 0 saturated carbocycles. The molecule has 2 unspecified atom stereocenters.